The van der Waals surface area contributed by atoms with Crippen molar-refractivity contribution in [2.24, 2.45) is 22.4 Å². The van der Waals surface area contributed by atoms with Crippen LogP contribution >= 0.6 is 0 Å². The number of anilines is 1. The summed E-state index contributed by atoms with van der Waals surface area (Å²) in [6.07, 6.45) is 0.169. The minimum Gasteiger partial charge on any atom is -0.508 e. The van der Waals surface area contributed by atoms with Gasteiger partial charge in [-0.25, -0.2) is 8.93 Å². The normalized spacial score (nSPS) is 14.9. The summed E-state index contributed by atoms with van der Waals surface area (Å²) in [5, 5.41) is 32.0. The van der Waals surface area contributed by atoms with E-state index in [2.05, 4.69) is 31.0 Å². The third kappa shape index (κ3) is 13.5. The number of nitrogens with two attached hydrogens (primary N) is 2. The number of aliphatic hydroxyl groups is 1. The molecular weight excluding hydrogens is 739 g/mol. The fourth-order valence-corrected chi connectivity index (χ4v) is 6.92. The number of carbonyl (C=O) groups excluding carboxylic acids is 4. The molecule has 0 saturated carbocycles. The highest BCUT2D eigenvalue weighted by Crippen LogP contribution is 2.29. The summed E-state index contributed by atoms with van der Waals surface area (Å²) in [4.78, 5) is 60.2. The van der Waals surface area contributed by atoms with Crippen LogP contribution in [0.2, 0.25) is 0 Å². The molecule has 3 aromatic carbocycles. The van der Waals surface area contributed by atoms with E-state index in [-0.39, 0.29) is 43.4 Å². The van der Waals surface area contributed by atoms with E-state index < -0.39 is 71.4 Å². The molecule has 0 spiro atoms. The first-order valence-electron chi connectivity index (χ1n) is 18.6. The molecule has 0 aliphatic carbocycles. The van der Waals surface area contributed by atoms with Gasteiger partial charge < -0.3 is 47.8 Å². The first-order chi connectivity index (χ1) is 26.5. The smallest absolute Gasteiger partial charge is 0.243 e. The average molecular weight is 796 g/mol. The number of hydrogen-bond donors (Lipinski definition) is 9. The average Bonchev–Trinajstić information content (AvgIpc) is 3.16. The molecule has 4 amide bonds. The van der Waals surface area contributed by atoms with E-state index in [1.807, 2.05) is 50.2 Å². The highest BCUT2D eigenvalue weighted by molar-refractivity contribution is 7.83. The number of fused-ring (bicyclic) bond motifs is 1. The number of rotatable bonds is 21. The fraction of sp³-hybridized carbons (Fsp3) is 0.462. The molecule has 0 bridgehead atoms. The van der Waals surface area contributed by atoms with Crippen LogP contribution in [0.4, 0.5) is 5.69 Å². The van der Waals surface area contributed by atoms with Crippen molar-refractivity contribution in [3.8, 4) is 5.75 Å². The van der Waals surface area contributed by atoms with Gasteiger partial charge in [0.05, 0.1) is 23.6 Å². The van der Waals surface area contributed by atoms with Crippen molar-refractivity contribution in [3.63, 3.8) is 0 Å². The lowest BCUT2D eigenvalue weighted by molar-refractivity contribution is -0.132. The van der Waals surface area contributed by atoms with E-state index in [1.54, 1.807) is 45.0 Å². The molecule has 306 valence electrons. The summed E-state index contributed by atoms with van der Waals surface area (Å²) < 4.78 is 17.0. The molecule has 0 heterocycles. The van der Waals surface area contributed by atoms with Crippen molar-refractivity contribution in [1.29, 1.82) is 0 Å². The van der Waals surface area contributed by atoms with Crippen molar-refractivity contribution in [3.05, 3.63) is 66.2 Å². The molecule has 0 radical (unpaired) electrons. The fourth-order valence-electron chi connectivity index (χ4n) is 5.76. The van der Waals surface area contributed by atoms with Crippen molar-refractivity contribution >= 4 is 57.0 Å². The van der Waals surface area contributed by atoms with Crippen LogP contribution in [0.5, 0.6) is 5.75 Å². The number of benzene rings is 3. The van der Waals surface area contributed by atoms with Crippen LogP contribution in [-0.4, -0.2) is 101 Å². The van der Waals surface area contributed by atoms with Crippen LogP contribution in [-0.2, 0) is 36.6 Å². The largest absolute Gasteiger partial charge is 0.508 e. The Morgan fingerprint density at radius 2 is 1.52 bits per heavy atom. The molecule has 0 aliphatic rings. The van der Waals surface area contributed by atoms with E-state index in [1.165, 1.54) is 12.1 Å². The maximum atomic E-state index is 14.1. The number of phenols is 1. The second-order valence-electron chi connectivity index (χ2n) is 14.0. The maximum Gasteiger partial charge on any atom is 0.243 e. The third-order valence-corrected chi connectivity index (χ3v) is 10.6. The molecule has 0 aliphatic heterocycles. The molecule has 0 fully saturated rings. The molecule has 16 nitrogen and oxygen atoms in total. The predicted octanol–water partition coefficient (Wildman–Crippen LogP) is 0.906. The van der Waals surface area contributed by atoms with Gasteiger partial charge >= 0.3 is 0 Å². The van der Waals surface area contributed by atoms with Gasteiger partial charge in [-0.05, 0) is 68.9 Å². The standard InChI is InChI=1S/C39H57N9O7S/c1-7-23(2)35(38(54)44-24(3)25(4)49)46-34(51)22-43-36(52)30(13-10-20-42-39(40)41)45-37(53)31(21-26-16-18-27(50)19-17-26)47-56(55)33-15-9-11-28-29(33)12-8-14-32(28)48(5)6/h8-9,11-12,14-19,23-25,30-31,35,47,49-50H,7,10,13,20-22H2,1-6H3,(H,43,52)(H,44,54)(H,45,53)(H,46,51)(H4,40,41,42). The van der Waals surface area contributed by atoms with E-state index in [0.29, 0.717) is 16.9 Å². The summed E-state index contributed by atoms with van der Waals surface area (Å²) in [5.74, 6) is -2.79. The lowest BCUT2D eigenvalue weighted by Gasteiger charge is -2.26. The van der Waals surface area contributed by atoms with Crippen molar-refractivity contribution < 1.29 is 33.6 Å². The van der Waals surface area contributed by atoms with Crippen LogP contribution in [0.15, 0.2) is 70.6 Å². The number of nitrogens with one attached hydrogen (secondary N) is 5. The number of amides is 4. The van der Waals surface area contributed by atoms with Gasteiger partial charge in [0.25, 0.3) is 0 Å². The molecule has 0 aromatic heterocycles. The summed E-state index contributed by atoms with van der Waals surface area (Å²) in [6, 6.07) is 13.6. The van der Waals surface area contributed by atoms with Gasteiger partial charge in [0.2, 0.25) is 23.6 Å². The van der Waals surface area contributed by atoms with Gasteiger partial charge in [0, 0.05) is 37.1 Å². The van der Waals surface area contributed by atoms with Crippen molar-refractivity contribution in [1.82, 2.24) is 26.0 Å². The molecule has 11 N–H and O–H groups in total. The van der Waals surface area contributed by atoms with Gasteiger partial charge in [0.1, 0.15) is 34.9 Å². The Morgan fingerprint density at radius 1 is 0.857 bits per heavy atom. The number of carbonyl (C=O) groups is 4. The van der Waals surface area contributed by atoms with E-state index in [4.69, 9.17) is 11.5 Å². The lowest BCUT2D eigenvalue weighted by atomic mass is 9.97. The Balaban J connectivity index is 1.85. The highest BCUT2D eigenvalue weighted by Gasteiger charge is 2.30. The van der Waals surface area contributed by atoms with Gasteiger partial charge in [-0.2, -0.15) is 0 Å². The molecule has 7 unspecified atom stereocenters. The van der Waals surface area contributed by atoms with Crippen LogP contribution < -0.4 is 42.4 Å². The third-order valence-electron chi connectivity index (χ3n) is 9.39. The zero-order valence-electron chi connectivity index (χ0n) is 32.9. The van der Waals surface area contributed by atoms with Crippen LogP contribution in [0.25, 0.3) is 10.8 Å². The number of aliphatic imine (C=N–C) groups is 1. The topological polar surface area (TPSA) is 254 Å². The Kier molecular flexibility index (Phi) is 17.5. The van der Waals surface area contributed by atoms with Gasteiger partial charge in [-0.15, -0.1) is 0 Å². The Hall–Kier alpha value is -5.26. The molecule has 3 rings (SSSR count). The maximum absolute atomic E-state index is 14.1. The van der Waals surface area contributed by atoms with Crippen LogP contribution in [0.3, 0.4) is 0 Å². The van der Waals surface area contributed by atoms with Gasteiger partial charge in [-0.1, -0.05) is 56.7 Å². The number of guanidine groups is 1. The first-order valence-corrected chi connectivity index (χ1v) is 19.7. The van der Waals surface area contributed by atoms with Crippen LogP contribution in [0, 0.1) is 5.92 Å². The minimum atomic E-state index is -1.90. The summed E-state index contributed by atoms with van der Waals surface area (Å²) in [6.45, 7) is 6.52. The Bertz CT molecular complexity index is 1850. The zero-order chi connectivity index (χ0) is 41.5. The van der Waals surface area contributed by atoms with Gasteiger partial charge in [-0.3, -0.25) is 24.2 Å². The van der Waals surface area contributed by atoms with E-state index in [9.17, 15) is 33.6 Å². The minimum absolute atomic E-state index is 0.0331. The molecule has 17 heteroatoms. The van der Waals surface area contributed by atoms with E-state index in [0.717, 1.165) is 16.5 Å². The van der Waals surface area contributed by atoms with Gasteiger partial charge in [0.15, 0.2) is 5.96 Å². The molecule has 7 atom stereocenters. The number of aliphatic hydroxyl groups excluding tert-OH is 1. The number of aromatic hydroxyl groups is 1. The van der Waals surface area contributed by atoms with Crippen LogP contribution in [0.1, 0.15) is 52.5 Å². The summed E-state index contributed by atoms with van der Waals surface area (Å²) >= 11 is 0. The summed E-state index contributed by atoms with van der Waals surface area (Å²) in [5.41, 5.74) is 12.5. The highest BCUT2D eigenvalue weighted by atomic mass is 32.2. The first kappa shape index (κ1) is 45.1. The molecule has 56 heavy (non-hydrogen) atoms. The molecule has 3 aromatic rings. The number of nitrogens with zero attached hydrogens (tertiary/aromatic N) is 2. The predicted molar refractivity (Wildman–Crippen MR) is 219 cm³/mol. The Morgan fingerprint density at radius 3 is 2.14 bits per heavy atom. The zero-order valence-corrected chi connectivity index (χ0v) is 33.7. The quantitative estimate of drug-likeness (QED) is 0.0419. The SMILES string of the molecule is CCC(C)C(NC(=O)CNC(=O)C(CCCN=C(N)N)NC(=O)C(Cc1ccc(O)cc1)NS(=O)c1cccc2c(N(C)C)cccc12)C(=O)NC(C)C(C)O. The van der Waals surface area contributed by atoms with E-state index >= 15 is 0 Å². The second kappa shape index (κ2) is 21.7. The monoisotopic (exact) mass is 795 g/mol. The molecular formula is C39H57N9O7S. The lowest BCUT2D eigenvalue weighted by Crippen LogP contribution is -2.56. The molecule has 0 saturated heterocycles. The summed E-state index contributed by atoms with van der Waals surface area (Å²) in [7, 11) is 1.92. The Labute approximate surface area is 330 Å². The van der Waals surface area contributed by atoms with Crippen molar-refractivity contribution in [2.75, 3.05) is 32.1 Å². The second-order valence-corrected chi connectivity index (χ2v) is 15.2. The van der Waals surface area contributed by atoms with Crippen molar-refractivity contribution in [2.45, 2.75) is 88.5 Å². The number of hydrogen-bond acceptors (Lipinski definition) is 9. The number of phenolic OH excluding ortho intramolecular Hbond substituents is 1.